The van der Waals surface area contributed by atoms with Gasteiger partial charge in [-0.05, 0) is 35.1 Å². The van der Waals surface area contributed by atoms with Crippen LogP contribution >= 0.6 is 0 Å². The third-order valence-electron chi connectivity index (χ3n) is 3.08. The zero-order valence-corrected chi connectivity index (χ0v) is 10.4. The second-order valence-electron chi connectivity index (χ2n) is 4.76. The summed E-state index contributed by atoms with van der Waals surface area (Å²) in [4.78, 5) is 0. The van der Waals surface area contributed by atoms with Crippen LogP contribution in [0.25, 0.3) is 10.9 Å². The molecule has 0 aliphatic carbocycles. The van der Waals surface area contributed by atoms with Gasteiger partial charge in [-0.25, -0.2) is 0 Å². The molecule has 0 saturated heterocycles. The molecule has 0 unspecified atom stereocenters. The fourth-order valence-corrected chi connectivity index (χ4v) is 2.01. The Kier molecular flexibility index (Phi) is 3.18. The Bertz CT molecular complexity index is 537. The topological polar surface area (TPSA) is 54.8 Å². The third-order valence-corrected chi connectivity index (χ3v) is 3.08. The highest BCUT2D eigenvalue weighted by Crippen LogP contribution is 2.22. The van der Waals surface area contributed by atoms with Crippen LogP contribution < -0.4 is 5.73 Å². The number of fused-ring (bicyclic) bond motifs is 1. The van der Waals surface area contributed by atoms with Crippen LogP contribution in [0.4, 0.5) is 0 Å². The van der Waals surface area contributed by atoms with Crippen molar-refractivity contribution in [2.45, 2.75) is 32.7 Å². The summed E-state index contributed by atoms with van der Waals surface area (Å²) in [5, 5.41) is 8.52. The van der Waals surface area contributed by atoms with Gasteiger partial charge in [-0.3, -0.25) is 5.41 Å². The zero-order valence-electron chi connectivity index (χ0n) is 10.4. The Morgan fingerprint density at radius 3 is 2.76 bits per heavy atom. The first-order valence-corrected chi connectivity index (χ1v) is 5.99. The van der Waals surface area contributed by atoms with Gasteiger partial charge in [-0.2, -0.15) is 0 Å². The summed E-state index contributed by atoms with van der Waals surface area (Å²) in [7, 11) is 0. The lowest BCUT2D eigenvalue weighted by molar-refractivity contribution is 0.750. The van der Waals surface area contributed by atoms with Crippen LogP contribution in [0, 0.1) is 5.41 Å². The van der Waals surface area contributed by atoms with E-state index in [0.717, 1.165) is 6.54 Å². The highest BCUT2D eigenvalue weighted by Gasteiger charge is 2.04. The van der Waals surface area contributed by atoms with Gasteiger partial charge in [0.2, 0.25) is 0 Å². The maximum Gasteiger partial charge on any atom is 0.0923 e. The summed E-state index contributed by atoms with van der Waals surface area (Å²) >= 11 is 0. The van der Waals surface area contributed by atoms with E-state index >= 15 is 0 Å². The van der Waals surface area contributed by atoms with E-state index in [-0.39, 0.29) is 5.84 Å². The molecule has 3 N–H and O–H groups in total. The molecule has 1 heterocycles. The molecule has 1 aromatic heterocycles. The SMILES string of the molecule is CC(C)c1ccc2c(ccn2CCC(=N)N)c1. The van der Waals surface area contributed by atoms with Gasteiger partial charge in [0.05, 0.1) is 5.84 Å². The van der Waals surface area contributed by atoms with E-state index in [9.17, 15) is 0 Å². The number of aryl methyl sites for hydroxylation is 1. The molecule has 0 radical (unpaired) electrons. The van der Waals surface area contributed by atoms with Crippen molar-refractivity contribution < 1.29 is 0 Å². The first-order chi connectivity index (χ1) is 8.08. The Hall–Kier alpha value is -1.77. The second kappa shape index (κ2) is 4.62. The number of aromatic nitrogens is 1. The van der Waals surface area contributed by atoms with Gasteiger partial charge in [0.25, 0.3) is 0 Å². The van der Waals surface area contributed by atoms with E-state index in [1.165, 1.54) is 16.5 Å². The fourth-order valence-electron chi connectivity index (χ4n) is 2.01. The van der Waals surface area contributed by atoms with E-state index in [4.69, 9.17) is 11.1 Å². The van der Waals surface area contributed by atoms with Gasteiger partial charge in [0.15, 0.2) is 0 Å². The number of benzene rings is 1. The molecule has 0 saturated carbocycles. The minimum atomic E-state index is 0.241. The monoisotopic (exact) mass is 229 g/mol. The number of nitrogens with two attached hydrogens (primary N) is 1. The molecule has 0 bridgehead atoms. The second-order valence-corrected chi connectivity index (χ2v) is 4.76. The van der Waals surface area contributed by atoms with E-state index in [1.54, 1.807) is 0 Å². The largest absolute Gasteiger partial charge is 0.388 e. The maximum atomic E-state index is 7.26. The molecule has 2 aromatic rings. The van der Waals surface area contributed by atoms with Crippen molar-refractivity contribution in [2.75, 3.05) is 0 Å². The number of hydrogen-bond acceptors (Lipinski definition) is 1. The number of rotatable bonds is 4. The molecule has 2 rings (SSSR count). The summed E-state index contributed by atoms with van der Waals surface area (Å²) in [5.74, 6) is 0.797. The molecular formula is C14H19N3. The smallest absolute Gasteiger partial charge is 0.0923 e. The molecule has 0 fully saturated rings. The van der Waals surface area contributed by atoms with Gasteiger partial charge in [0.1, 0.15) is 0 Å². The van der Waals surface area contributed by atoms with Crippen LogP contribution in [0.5, 0.6) is 0 Å². The Balaban J connectivity index is 2.31. The van der Waals surface area contributed by atoms with E-state index < -0.39 is 0 Å². The Morgan fingerprint density at radius 1 is 1.35 bits per heavy atom. The average Bonchev–Trinajstić information content (AvgIpc) is 2.68. The van der Waals surface area contributed by atoms with Crippen molar-refractivity contribution in [2.24, 2.45) is 5.73 Å². The van der Waals surface area contributed by atoms with Crippen molar-refractivity contribution >= 4 is 16.7 Å². The quantitative estimate of drug-likeness (QED) is 0.614. The normalized spacial score (nSPS) is 11.2. The third kappa shape index (κ3) is 2.49. The highest BCUT2D eigenvalue weighted by atomic mass is 15.0. The van der Waals surface area contributed by atoms with Crippen molar-refractivity contribution in [1.82, 2.24) is 4.57 Å². The molecular weight excluding hydrogens is 210 g/mol. The van der Waals surface area contributed by atoms with Crippen LogP contribution in [0.3, 0.4) is 0 Å². The number of hydrogen-bond donors (Lipinski definition) is 2. The summed E-state index contributed by atoms with van der Waals surface area (Å²) < 4.78 is 2.15. The minimum Gasteiger partial charge on any atom is -0.388 e. The van der Waals surface area contributed by atoms with E-state index in [2.05, 4.69) is 48.9 Å². The first kappa shape index (κ1) is 11.7. The van der Waals surface area contributed by atoms with Crippen LogP contribution in [-0.2, 0) is 6.54 Å². The predicted octanol–water partition coefficient (Wildman–Crippen LogP) is 3.09. The predicted molar refractivity (Wildman–Crippen MR) is 72.6 cm³/mol. The number of nitrogens with one attached hydrogen (secondary N) is 1. The lowest BCUT2D eigenvalue weighted by atomic mass is 10.0. The lowest BCUT2D eigenvalue weighted by Gasteiger charge is -2.07. The van der Waals surface area contributed by atoms with E-state index in [0.29, 0.717) is 12.3 Å². The Morgan fingerprint density at radius 2 is 2.12 bits per heavy atom. The van der Waals surface area contributed by atoms with Crippen LogP contribution in [0.2, 0.25) is 0 Å². The lowest BCUT2D eigenvalue weighted by Crippen LogP contribution is -2.12. The van der Waals surface area contributed by atoms with Gasteiger partial charge in [-0.15, -0.1) is 0 Å². The minimum absolute atomic E-state index is 0.241. The molecule has 17 heavy (non-hydrogen) atoms. The van der Waals surface area contributed by atoms with Crippen molar-refractivity contribution in [3.8, 4) is 0 Å². The van der Waals surface area contributed by atoms with E-state index in [1.807, 2.05) is 0 Å². The standard InChI is InChI=1S/C14H19N3/c1-10(2)11-3-4-13-12(9-11)5-7-17(13)8-6-14(15)16/h3-5,7,9-10H,6,8H2,1-2H3,(H3,15,16). The molecule has 1 aromatic carbocycles. The average molecular weight is 229 g/mol. The molecule has 0 amide bonds. The number of amidine groups is 1. The van der Waals surface area contributed by atoms with Crippen LogP contribution in [0.1, 0.15) is 31.7 Å². The molecule has 3 nitrogen and oxygen atoms in total. The Labute approximate surface area is 102 Å². The molecule has 0 aliphatic heterocycles. The first-order valence-electron chi connectivity index (χ1n) is 5.99. The van der Waals surface area contributed by atoms with Crippen molar-refractivity contribution in [1.29, 1.82) is 5.41 Å². The molecule has 90 valence electrons. The zero-order chi connectivity index (χ0) is 12.4. The number of nitrogens with zero attached hydrogens (tertiary/aromatic N) is 1. The molecule has 0 atom stereocenters. The van der Waals surface area contributed by atoms with Gasteiger partial charge >= 0.3 is 0 Å². The summed E-state index contributed by atoms with van der Waals surface area (Å²) in [5.41, 5.74) is 7.97. The maximum absolute atomic E-state index is 7.26. The van der Waals surface area contributed by atoms with Crippen LogP contribution in [0.15, 0.2) is 30.5 Å². The fraction of sp³-hybridized carbons (Fsp3) is 0.357. The van der Waals surface area contributed by atoms with Crippen LogP contribution in [-0.4, -0.2) is 10.4 Å². The van der Waals surface area contributed by atoms with Crippen molar-refractivity contribution in [3.05, 3.63) is 36.0 Å². The molecule has 0 spiro atoms. The van der Waals surface area contributed by atoms with Gasteiger partial charge < -0.3 is 10.3 Å². The molecule has 3 heteroatoms. The summed E-state index contributed by atoms with van der Waals surface area (Å²) in [6.07, 6.45) is 2.67. The highest BCUT2D eigenvalue weighted by molar-refractivity contribution is 5.81. The van der Waals surface area contributed by atoms with Gasteiger partial charge in [0, 0.05) is 24.7 Å². The molecule has 0 aliphatic rings. The summed E-state index contributed by atoms with van der Waals surface area (Å²) in [6, 6.07) is 8.70. The van der Waals surface area contributed by atoms with Crippen molar-refractivity contribution in [3.63, 3.8) is 0 Å². The summed E-state index contributed by atoms with van der Waals surface area (Å²) in [6.45, 7) is 5.18. The van der Waals surface area contributed by atoms with Gasteiger partial charge in [-0.1, -0.05) is 19.9 Å².